The van der Waals surface area contributed by atoms with Crippen LogP contribution in [0, 0.1) is 27.9 Å². The monoisotopic (exact) mass is 471 g/mol. The van der Waals surface area contributed by atoms with Gasteiger partial charge in [-0.2, -0.15) is 0 Å². The number of rotatable bonds is 9. The molecule has 1 aromatic heterocycles. The number of amides is 1. The van der Waals surface area contributed by atoms with E-state index in [1.165, 1.54) is 30.3 Å². The second kappa shape index (κ2) is 11.1. The molecule has 2 N–H and O–H groups in total. The number of anilines is 1. The van der Waals surface area contributed by atoms with Gasteiger partial charge in [0.25, 0.3) is 11.6 Å². The predicted molar refractivity (Wildman–Crippen MR) is 124 cm³/mol. The van der Waals surface area contributed by atoms with Crippen LogP contribution < -0.4 is 10.1 Å². The quantitative estimate of drug-likeness (QED) is 0.389. The highest BCUT2D eigenvalue weighted by molar-refractivity contribution is 5.94. The Labute approximate surface area is 197 Å². The van der Waals surface area contributed by atoms with Gasteiger partial charge in [-0.1, -0.05) is 27.2 Å². The van der Waals surface area contributed by atoms with Gasteiger partial charge in [-0.15, -0.1) is 0 Å². The Morgan fingerprint density at radius 1 is 1.26 bits per heavy atom. The molecule has 0 radical (unpaired) electrons. The number of aromatic carboxylic acids is 1. The number of aromatic nitrogens is 1. The van der Waals surface area contributed by atoms with Crippen molar-refractivity contribution in [1.29, 1.82) is 0 Å². The Kier molecular flexibility index (Phi) is 8.17. The van der Waals surface area contributed by atoms with Gasteiger partial charge in [-0.3, -0.25) is 14.9 Å². The number of carboxylic acid groups (broad SMARTS) is 1. The summed E-state index contributed by atoms with van der Waals surface area (Å²) in [7, 11) is 0. The van der Waals surface area contributed by atoms with Gasteiger partial charge < -0.3 is 19.9 Å². The number of carbonyl (C=O) groups is 2. The standard InChI is InChI=1S/C24H29N3O7/c1-14(2)18-7-4-15(3)10-21(18)33-13-22(28)26-19-11-17(6-8-20(19)27(31)32)34-23-9-5-16(12-25-23)24(29)30/h5-6,8-9,11-12,14-15,18,21H,4,7,10,13H2,1-3H3,(H,26,28)(H,29,30)/t15-,18+,21-/m1/s1. The molecule has 0 spiro atoms. The van der Waals surface area contributed by atoms with Crippen LogP contribution in [0.4, 0.5) is 11.4 Å². The van der Waals surface area contributed by atoms with Gasteiger partial charge in [0.05, 0.1) is 16.6 Å². The number of hydrogen-bond acceptors (Lipinski definition) is 7. The van der Waals surface area contributed by atoms with Gasteiger partial charge in [0.15, 0.2) is 0 Å². The average Bonchev–Trinajstić information content (AvgIpc) is 2.78. The highest BCUT2D eigenvalue weighted by Crippen LogP contribution is 2.35. The molecule has 10 heteroatoms. The van der Waals surface area contributed by atoms with Crippen LogP contribution in [-0.4, -0.2) is 39.6 Å². The van der Waals surface area contributed by atoms with Crippen molar-refractivity contribution in [2.24, 2.45) is 17.8 Å². The van der Waals surface area contributed by atoms with Crippen molar-refractivity contribution in [3.8, 4) is 11.6 Å². The zero-order valence-corrected chi connectivity index (χ0v) is 19.4. The van der Waals surface area contributed by atoms with Crippen molar-refractivity contribution < 1.29 is 29.1 Å². The van der Waals surface area contributed by atoms with E-state index >= 15 is 0 Å². The lowest BCUT2D eigenvalue weighted by molar-refractivity contribution is -0.383. The summed E-state index contributed by atoms with van der Waals surface area (Å²) in [6.07, 6.45) is 4.19. The molecular formula is C24H29N3O7. The van der Waals surface area contributed by atoms with Gasteiger partial charge in [0.1, 0.15) is 18.0 Å². The Morgan fingerprint density at radius 3 is 2.65 bits per heavy atom. The lowest BCUT2D eigenvalue weighted by Gasteiger charge is -2.37. The van der Waals surface area contributed by atoms with Gasteiger partial charge in [-0.25, -0.2) is 9.78 Å². The number of nitrogens with zero attached hydrogens (tertiary/aromatic N) is 2. The molecule has 0 bridgehead atoms. The van der Waals surface area contributed by atoms with Crippen molar-refractivity contribution in [3.05, 3.63) is 52.2 Å². The van der Waals surface area contributed by atoms with Crippen molar-refractivity contribution in [3.63, 3.8) is 0 Å². The third kappa shape index (κ3) is 6.50. The third-order valence-electron chi connectivity index (χ3n) is 6.03. The molecule has 1 amide bonds. The first-order chi connectivity index (χ1) is 16.1. The Hall–Kier alpha value is -3.53. The fourth-order valence-electron chi connectivity index (χ4n) is 4.20. The molecule has 2 aromatic rings. The summed E-state index contributed by atoms with van der Waals surface area (Å²) < 4.78 is 11.5. The highest BCUT2D eigenvalue weighted by atomic mass is 16.6. The molecule has 34 heavy (non-hydrogen) atoms. The SMILES string of the molecule is CC(C)[C@@H]1CC[C@@H](C)C[C@H]1OCC(=O)Nc1cc(Oc2ccc(C(=O)O)cn2)ccc1[N+](=O)[O-]. The fraction of sp³-hybridized carbons (Fsp3) is 0.458. The van der Waals surface area contributed by atoms with Gasteiger partial charge in [0, 0.05) is 24.4 Å². The van der Waals surface area contributed by atoms with Gasteiger partial charge in [0.2, 0.25) is 5.88 Å². The summed E-state index contributed by atoms with van der Waals surface area (Å²) in [5, 5.41) is 23.0. The second-order valence-electron chi connectivity index (χ2n) is 8.95. The Balaban J connectivity index is 1.68. The maximum Gasteiger partial charge on any atom is 0.337 e. The number of nitro benzene ring substituents is 1. The molecule has 182 valence electrons. The summed E-state index contributed by atoms with van der Waals surface area (Å²) in [6.45, 7) is 6.26. The molecule has 1 aromatic carbocycles. The third-order valence-corrected chi connectivity index (χ3v) is 6.03. The lowest BCUT2D eigenvalue weighted by Crippen LogP contribution is -2.36. The minimum absolute atomic E-state index is 0.00364. The van der Waals surface area contributed by atoms with E-state index in [-0.39, 0.29) is 41.3 Å². The largest absolute Gasteiger partial charge is 0.478 e. The number of ether oxygens (including phenoxy) is 2. The molecule has 3 rings (SSSR count). The smallest absolute Gasteiger partial charge is 0.337 e. The first-order valence-corrected chi connectivity index (χ1v) is 11.2. The fourth-order valence-corrected chi connectivity index (χ4v) is 4.20. The van der Waals surface area contributed by atoms with E-state index in [2.05, 4.69) is 31.1 Å². The van der Waals surface area contributed by atoms with E-state index in [9.17, 15) is 19.7 Å². The number of pyridine rings is 1. The van der Waals surface area contributed by atoms with Crippen LogP contribution in [0.25, 0.3) is 0 Å². The molecule has 1 fully saturated rings. The second-order valence-corrected chi connectivity index (χ2v) is 8.95. The predicted octanol–water partition coefficient (Wildman–Crippen LogP) is 4.90. The van der Waals surface area contributed by atoms with Crippen molar-refractivity contribution in [2.45, 2.75) is 46.1 Å². The van der Waals surface area contributed by atoms with Crippen molar-refractivity contribution in [2.75, 3.05) is 11.9 Å². The van der Waals surface area contributed by atoms with Crippen LogP contribution in [0.3, 0.4) is 0 Å². The van der Waals surface area contributed by atoms with E-state index < -0.39 is 16.8 Å². The van der Waals surface area contributed by atoms with Crippen molar-refractivity contribution in [1.82, 2.24) is 4.98 Å². The van der Waals surface area contributed by atoms with Crippen LogP contribution in [0.5, 0.6) is 11.6 Å². The summed E-state index contributed by atoms with van der Waals surface area (Å²) in [4.78, 5) is 38.3. The Bertz CT molecular complexity index is 1040. The highest BCUT2D eigenvalue weighted by Gasteiger charge is 2.32. The lowest BCUT2D eigenvalue weighted by atomic mass is 9.75. The summed E-state index contributed by atoms with van der Waals surface area (Å²) in [6, 6.07) is 6.60. The summed E-state index contributed by atoms with van der Waals surface area (Å²) >= 11 is 0. The van der Waals surface area contributed by atoms with E-state index in [0.717, 1.165) is 25.5 Å². The van der Waals surface area contributed by atoms with Crippen LogP contribution >= 0.6 is 0 Å². The molecule has 1 saturated carbocycles. The average molecular weight is 472 g/mol. The number of nitro groups is 1. The first kappa shape index (κ1) is 25.1. The van der Waals surface area contributed by atoms with E-state index in [4.69, 9.17) is 14.6 Å². The molecule has 0 unspecified atom stereocenters. The van der Waals surface area contributed by atoms with E-state index in [1.807, 2.05) is 0 Å². The molecule has 1 aliphatic rings. The van der Waals surface area contributed by atoms with Gasteiger partial charge >= 0.3 is 5.97 Å². The summed E-state index contributed by atoms with van der Waals surface area (Å²) in [5.74, 6) is 0.0118. The maximum absolute atomic E-state index is 12.6. The zero-order chi connectivity index (χ0) is 24.8. The first-order valence-electron chi connectivity index (χ1n) is 11.2. The summed E-state index contributed by atoms with van der Waals surface area (Å²) in [5.41, 5.74) is -0.326. The van der Waals surface area contributed by atoms with E-state index in [0.29, 0.717) is 17.8 Å². The minimum Gasteiger partial charge on any atom is -0.478 e. The molecule has 10 nitrogen and oxygen atoms in total. The molecule has 3 atom stereocenters. The minimum atomic E-state index is -1.12. The number of carbonyl (C=O) groups excluding carboxylic acids is 1. The maximum atomic E-state index is 12.6. The zero-order valence-electron chi connectivity index (χ0n) is 19.4. The molecule has 0 aliphatic heterocycles. The molecule has 0 saturated heterocycles. The normalized spacial score (nSPS) is 20.1. The van der Waals surface area contributed by atoms with Crippen molar-refractivity contribution >= 4 is 23.3 Å². The molecule has 1 aliphatic carbocycles. The number of benzene rings is 1. The number of carboxylic acids is 1. The van der Waals surface area contributed by atoms with Crippen LogP contribution in [0.2, 0.25) is 0 Å². The molecular weight excluding hydrogens is 442 g/mol. The molecule has 1 heterocycles. The van der Waals surface area contributed by atoms with Crippen LogP contribution in [0.1, 0.15) is 50.4 Å². The van der Waals surface area contributed by atoms with Crippen LogP contribution in [-0.2, 0) is 9.53 Å². The van der Waals surface area contributed by atoms with Gasteiger partial charge in [-0.05, 0) is 42.7 Å². The number of nitrogens with one attached hydrogen (secondary N) is 1. The topological polar surface area (TPSA) is 141 Å². The van der Waals surface area contributed by atoms with E-state index in [1.54, 1.807) is 0 Å². The Morgan fingerprint density at radius 2 is 2.03 bits per heavy atom. The van der Waals surface area contributed by atoms with Crippen LogP contribution in [0.15, 0.2) is 36.5 Å². The number of hydrogen-bond donors (Lipinski definition) is 2.